The highest BCUT2D eigenvalue weighted by Crippen LogP contribution is 2.25. The molecule has 2 nitrogen and oxygen atoms in total. The molecule has 1 unspecified atom stereocenters. The molecule has 0 aromatic heterocycles. The van der Waals surface area contributed by atoms with Gasteiger partial charge in [-0.25, -0.2) is 4.39 Å². The number of benzene rings is 2. The molecular formula is C15H16BrFN2S. The van der Waals surface area contributed by atoms with E-state index in [1.165, 1.54) is 17.0 Å². The van der Waals surface area contributed by atoms with Crippen LogP contribution in [0.4, 0.5) is 4.39 Å². The van der Waals surface area contributed by atoms with Crippen LogP contribution in [0.5, 0.6) is 0 Å². The number of nitrogens with two attached hydrogens (primary N) is 1. The SMILES string of the molecule is CSc1ccc(C(Cc2ccc(F)cc2Br)NN)cc1. The van der Waals surface area contributed by atoms with Crippen LogP contribution in [-0.2, 0) is 6.42 Å². The molecular weight excluding hydrogens is 339 g/mol. The first-order chi connectivity index (χ1) is 9.63. The maximum absolute atomic E-state index is 13.1. The Balaban J connectivity index is 2.19. The second-order valence-electron chi connectivity index (χ2n) is 4.43. The van der Waals surface area contributed by atoms with Crippen LogP contribution in [0.15, 0.2) is 51.8 Å². The van der Waals surface area contributed by atoms with Crippen molar-refractivity contribution >= 4 is 27.7 Å². The number of nitrogens with one attached hydrogen (secondary N) is 1. The van der Waals surface area contributed by atoms with Crippen LogP contribution in [0, 0.1) is 5.82 Å². The molecule has 2 aromatic rings. The summed E-state index contributed by atoms with van der Waals surface area (Å²) in [5.74, 6) is 5.41. The average Bonchev–Trinajstić information content (AvgIpc) is 2.47. The van der Waals surface area contributed by atoms with E-state index < -0.39 is 0 Å². The fraction of sp³-hybridized carbons (Fsp3) is 0.200. The molecule has 2 aromatic carbocycles. The molecule has 0 spiro atoms. The van der Waals surface area contributed by atoms with Gasteiger partial charge in [-0.15, -0.1) is 11.8 Å². The van der Waals surface area contributed by atoms with Gasteiger partial charge < -0.3 is 0 Å². The van der Waals surface area contributed by atoms with E-state index in [1.54, 1.807) is 17.8 Å². The van der Waals surface area contributed by atoms with Crippen LogP contribution in [0.1, 0.15) is 17.2 Å². The minimum Gasteiger partial charge on any atom is -0.271 e. The molecule has 3 N–H and O–H groups in total. The van der Waals surface area contributed by atoms with Crippen LogP contribution < -0.4 is 11.3 Å². The van der Waals surface area contributed by atoms with Gasteiger partial charge in [-0.2, -0.15) is 0 Å². The Morgan fingerprint density at radius 3 is 2.50 bits per heavy atom. The largest absolute Gasteiger partial charge is 0.271 e. The Hall–Kier alpha value is -0.880. The van der Waals surface area contributed by atoms with E-state index >= 15 is 0 Å². The van der Waals surface area contributed by atoms with Crippen LogP contribution in [-0.4, -0.2) is 6.26 Å². The monoisotopic (exact) mass is 354 g/mol. The van der Waals surface area contributed by atoms with E-state index in [0.717, 1.165) is 15.6 Å². The van der Waals surface area contributed by atoms with E-state index in [2.05, 4.69) is 45.6 Å². The molecule has 0 heterocycles. The second-order valence-corrected chi connectivity index (χ2v) is 6.17. The van der Waals surface area contributed by atoms with Crippen molar-refractivity contribution in [2.24, 2.45) is 5.84 Å². The maximum Gasteiger partial charge on any atom is 0.124 e. The van der Waals surface area contributed by atoms with Gasteiger partial charge in [-0.3, -0.25) is 11.3 Å². The molecule has 0 aliphatic heterocycles. The van der Waals surface area contributed by atoms with Gasteiger partial charge in [0, 0.05) is 9.37 Å². The number of thioether (sulfide) groups is 1. The van der Waals surface area contributed by atoms with Crippen molar-refractivity contribution in [3.05, 3.63) is 63.9 Å². The molecule has 0 aliphatic rings. The smallest absolute Gasteiger partial charge is 0.124 e. The van der Waals surface area contributed by atoms with Crippen molar-refractivity contribution in [3.63, 3.8) is 0 Å². The minimum absolute atomic E-state index is 0.00679. The Kier molecular flexibility index (Phi) is 5.60. The Morgan fingerprint density at radius 2 is 1.95 bits per heavy atom. The number of hydrazine groups is 1. The molecule has 0 saturated carbocycles. The summed E-state index contributed by atoms with van der Waals surface area (Å²) in [6.45, 7) is 0. The lowest BCUT2D eigenvalue weighted by Crippen LogP contribution is -2.29. The van der Waals surface area contributed by atoms with Crippen LogP contribution in [0.2, 0.25) is 0 Å². The Bertz CT molecular complexity index is 575. The van der Waals surface area contributed by atoms with E-state index in [0.29, 0.717) is 6.42 Å². The number of hydrogen-bond acceptors (Lipinski definition) is 3. The van der Waals surface area contributed by atoms with Crippen molar-refractivity contribution < 1.29 is 4.39 Å². The molecule has 5 heteroatoms. The lowest BCUT2D eigenvalue weighted by atomic mass is 9.99. The van der Waals surface area contributed by atoms with Gasteiger partial charge in [0.2, 0.25) is 0 Å². The molecule has 1 atom stereocenters. The molecule has 0 radical (unpaired) electrons. The zero-order valence-electron chi connectivity index (χ0n) is 11.1. The van der Waals surface area contributed by atoms with Gasteiger partial charge in [0.25, 0.3) is 0 Å². The summed E-state index contributed by atoms with van der Waals surface area (Å²) in [7, 11) is 0. The number of halogens is 2. The van der Waals surface area contributed by atoms with Crippen LogP contribution in [0.25, 0.3) is 0 Å². The predicted octanol–water partition coefficient (Wildman–Crippen LogP) is 4.06. The molecule has 0 aliphatic carbocycles. The molecule has 20 heavy (non-hydrogen) atoms. The minimum atomic E-state index is -0.248. The van der Waals surface area contributed by atoms with Crippen molar-refractivity contribution in [3.8, 4) is 0 Å². The average molecular weight is 355 g/mol. The summed E-state index contributed by atoms with van der Waals surface area (Å²) in [6.07, 6.45) is 2.74. The first-order valence-corrected chi connectivity index (χ1v) is 8.20. The highest BCUT2D eigenvalue weighted by Gasteiger charge is 2.13. The highest BCUT2D eigenvalue weighted by molar-refractivity contribution is 9.10. The standard InChI is InChI=1S/C15H16BrFN2S/c1-20-13-6-3-10(4-7-13)15(19-18)8-11-2-5-12(17)9-14(11)16/h2-7,9,15,19H,8,18H2,1H3. The molecule has 2 rings (SSSR count). The van der Waals surface area contributed by atoms with Crippen molar-refractivity contribution in [1.29, 1.82) is 0 Å². The molecule has 0 amide bonds. The van der Waals surface area contributed by atoms with Crippen LogP contribution in [0.3, 0.4) is 0 Å². The molecule has 0 saturated heterocycles. The van der Waals surface area contributed by atoms with Gasteiger partial charge in [0.15, 0.2) is 0 Å². The fourth-order valence-corrected chi connectivity index (χ4v) is 2.94. The first-order valence-electron chi connectivity index (χ1n) is 6.18. The molecule has 106 valence electrons. The topological polar surface area (TPSA) is 38.0 Å². The predicted molar refractivity (Wildman–Crippen MR) is 86.1 cm³/mol. The van der Waals surface area contributed by atoms with Gasteiger partial charge in [-0.1, -0.05) is 34.1 Å². The summed E-state index contributed by atoms with van der Waals surface area (Å²) >= 11 is 5.09. The third-order valence-corrected chi connectivity index (χ3v) is 4.64. The van der Waals surface area contributed by atoms with Gasteiger partial charge in [-0.05, 0) is 48.1 Å². The number of hydrogen-bond donors (Lipinski definition) is 2. The van der Waals surface area contributed by atoms with Crippen LogP contribution >= 0.6 is 27.7 Å². The second kappa shape index (κ2) is 7.22. The van der Waals surface area contributed by atoms with E-state index in [1.807, 2.05) is 6.26 Å². The quantitative estimate of drug-likeness (QED) is 0.483. The van der Waals surface area contributed by atoms with E-state index in [4.69, 9.17) is 5.84 Å². The number of rotatable bonds is 5. The van der Waals surface area contributed by atoms with Gasteiger partial charge in [0.05, 0.1) is 6.04 Å². The highest BCUT2D eigenvalue weighted by atomic mass is 79.9. The normalized spacial score (nSPS) is 12.4. The summed E-state index contributed by atoms with van der Waals surface area (Å²) < 4.78 is 13.9. The Morgan fingerprint density at radius 1 is 1.25 bits per heavy atom. The lowest BCUT2D eigenvalue weighted by Gasteiger charge is -2.17. The third kappa shape index (κ3) is 3.82. The van der Waals surface area contributed by atoms with Gasteiger partial charge in [0.1, 0.15) is 5.82 Å². The summed E-state index contributed by atoms with van der Waals surface area (Å²) in [6, 6.07) is 13.0. The lowest BCUT2D eigenvalue weighted by molar-refractivity contribution is 0.549. The van der Waals surface area contributed by atoms with Crippen molar-refractivity contribution in [1.82, 2.24) is 5.43 Å². The third-order valence-electron chi connectivity index (χ3n) is 3.16. The zero-order valence-corrected chi connectivity index (χ0v) is 13.5. The maximum atomic E-state index is 13.1. The summed E-state index contributed by atoms with van der Waals surface area (Å²) in [5, 5.41) is 0. The fourth-order valence-electron chi connectivity index (χ4n) is 2.02. The molecule has 0 bridgehead atoms. The Labute approximate surface area is 131 Å². The van der Waals surface area contributed by atoms with E-state index in [9.17, 15) is 4.39 Å². The zero-order chi connectivity index (χ0) is 14.5. The van der Waals surface area contributed by atoms with Crippen molar-refractivity contribution in [2.45, 2.75) is 17.4 Å². The van der Waals surface area contributed by atoms with Gasteiger partial charge >= 0.3 is 0 Å². The van der Waals surface area contributed by atoms with Crippen molar-refractivity contribution in [2.75, 3.05) is 6.26 Å². The molecule has 0 fully saturated rings. The first kappa shape index (κ1) is 15.5. The van der Waals surface area contributed by atoms with E-state index in [-0.39, 0.29) is 11.9 Å². The summed E-state index contributed by atoms with van der Waals surface area (Å²) in [5.41, 5.74) is 4.95. The summed E-state index contributed by atoms with van der Waals surface area (Å²) in [4.78, 5) is 1.22.